The van der Waals surface area contributed by atoms with Crippen molar-refractivity contribution in [3.63, 3.8) is 0 Å². The fourth-order valence-corrected chi connectivity index (χ4v) is 5.38. The van der Waals surface area contributed by atoms with Gasteiger partial charge in [-0.3, -0.25) is 9.59 Å². The third-order valence-electron chi connectivity index (χ3n) is 5.74. The summed E-state index contributed by atoms with van der Waals surface area (Å²) >= 11 is 2.72. The molecule has 196 valence electrons. The Morgan fingerprint density at radius 2 is 1.71 bits per heavy atom. The highest BCUT2D eigenvalue weighted by Crippen LogP contribution is 2.24. The number of thiazole rings is 1. The Bertz CT molecular complexity index is 1370. The summed E-state index contributed by atoms with van der Waals surface area (Å²) < 4.78 is 5.19. The van der Waals surface area contributed by atoms with E-state index in [1.165, 1.54) is 23.1 Å². The van der Waals surface area contributed by atoms with Crippen molar-refractivity contribution in [3.05, 3.63) is 82.4 Å². The molecule has 0 radical (unpaired) electrons. The predicted molar refractivity (Wildman–Crippen MR) is 151 cm³/mol. The number of hydrogen-bond donors (Lipinski definition) is 1. The SMILES string of the molecule is COc1ccc(NC(=O)C(C)N(Cc2nc(-c3ccccc3)cs2)C(=O)CSc2nc(C)cc(C)n2)cc1. The first-order valence-corrected chi connectivity index (χ1v) is 13.9. The van der Waals surface area contributed by atoms with E-state index in [1.807, 2.05) is 55.6 Å². The average Bonchev–Trinajstić information content (AvgIpc) is 3.39. The van der Waals surface area contributed by atoms with Gasteiger partial charge in [0.05, 0.1) is 25.1 Å². The second-order valence-corrected chi connectivity index (χ2v) is 10.5. The Hall–Kier alpha value is -3.76. The van der Waals surface area contributed by atoms with E-state index in [2.05, 4.69) is 15.3 Å². The number of hydrogen-bond acceptors (Lipinski definition) is 8. The van der Waals surface area contributed by atoms with E-state index in [0.717, 1.165) is 27.7 Å². The standard InChI is InChI=1S/C28H29N5O3S2/c1-18-14-19(2)30-28(29-18)38-17-26(34)33(15-25-32-24(16-37-25)21-8-6-5-7-9-21)20(3)27(35)31-22-10-12-23(36-4)13-11-22/h5-14,16,20H,15,17H2,1-4H3,(H,31,35). The summed E-state index contributed by atoms with van der Waals surface area (Å²) in [4.78, 5) is 41.8. The highest BCUT2D eigenvalue weighted by Gasteiger charge is 2.27. The number of anilines is 1. The van der Waals surface area contributed by atoms with Crippen LogP contribution in [0.1, 0.15) is 23.3 Å². The summed E-state index contributed by atoms with van der Waals surface area (Å²) in [6.45, 7) is 5.72. The molecule has 1 atom stereocenters. The van der Waals surface area contributed by atoms with Crippen molar-refractivity contribution >= 4 is 40.6 Å². The van der Waals surface area contributed by atoms with Gasteiger partial charge in [0.2, 0.25) is 11.8 Å². The number of amides is 2. The number of aryl methyl sites for hydroxylation is 2. The Kier molecular flexibility index (Phi) is 9.09. The fourth-order valence-electron chi connectivity index (χ4n) is 3.74. The van der Waals surface area contributed by atoms with Crippen LogP contribution in [0.25, 0.3) is 11.3 Å². The number of thioether (sulfide) groups is 1. The van der Waals surface area contributed by atoms with Crippen LogP contribution in [-0.4, -0.2) is 50.6 Å². The van der Waals surface area contributed by atoms with Crippen molar-refractivity contribution in [2.45, 2.75) is 38.5 Å². The van der Waals surface area contributed by atoms with Gasteiger partial charge in [0.1, 0.15) is 16.8 Å². The van der Waals surface area contributed by atoms with E-state index in [0.29, 0.717) is 16.6 Å². The zero-order valence-electron chi connectivity index (χ0n) is 21.7. The second kappa shape index (κ2) is 12.7. The van der Waals surface area contributed by atoms with Crippen LogP contribution in [0.5, 0.6) is 5.75 Å². The molecule has 0 saturated heterocycles. The van der Waals surface area contributed by atoms with Gasteiger partial charge in [-0.2, -0.15) is 0 Å². The maximum absolute atomic E-state index is 13.5. The van der Waals surface area contributed by atoms with Crippen molar-refractivity contribution in [2.75, 3.05) is 18.2 Å². The summed E-state index contributed by atoms with van der Waals surface area (Å²) in [5.74, 6) is 0.291. The number of nitrogens with one attached hydrogen (secondary N) is 1. The zero-order chi connectivity index (χ0) is 27.1. The van der Waals surface area contributed by atoms with E-state index in [-0.39, 0.29) is 24.1 Å². The van der Waals surface area contributed by atoms with Gasteiger partial charge in [-0.05, 0) is 51.1 Å². The summed E-state index contributed by atoms with van der Waals surface area (Å²) in [5, 5.41) is 6.14. The van der Waals surface area contributed by atoms with Crippen LogP contribution in [0.2, 0.25) is 0 Å². The van der Waals surface area contributed by atoms with Crippen molar-refractivity contribution in [1.29, 1.82) is 0 Å². The molecule has 10 heteroatoms. The minimum Gasteiger partial charge on any atom is -0.497 e. The maximum atomic E-state index is 13.5. The molecule has 4 aromatic rings. The van der Waals surface area contributed by atoms with Gasteiger partial charge in [0.15, 0.2) is 5.16 Å². The summed E-state index contributed by atoms with van der Waals surface area (Å²) in [5.41, 5.74) is 4.14. The Morgan fingerprint density at radius 3 is 2.37 bits per heavy atom. The van der Waals surface area contributed by atoms with E-state index in [4.69, 9.17) is 9.72 Å². The highest BCUT2D eigenvalue weighted by atomic mass is 32.2. The third kappa shape index (κ3) is 7.17. The summed E-state index contributed by atoms with van der Waals surface area (Å²) in [7, 11) is 1.59. The van der Waals surface area contributed by atoms with Crippen LogP contribution in [0, 0.1) is 13.8 Å². The van der Waals surface area contributed by atoms with Gasteiger partial charge < -0.3 is 15.0 Å². The van der Waals surface area contributed by atoms with Crippen molar-refractivity contribution in [3.8, 4) is 17.0 Å². The number of ether oxygens (including phenoxy) is 1. The quantitative estimate of drug-likeness (QED) is 0.210. The van der Waals surface area contributed by atoms with Gasteiger partial charge in [0, 0.05) is 28.0 Å². The summed E-state index contributed by atoms with van der Waals surface area (Å²) in [6.07, 6.45) is 0. The fraction of sp³-hybridized carbons (Fsp3) is 0.250. The molecule has 2 heterocycles. The predicted octanol–water partition coefficient (Wildman–Crippen LogP) is 5.37. The molecule has 2 aromatic heterocycles. The van der Waals surface area contributed by atoms with Crippen molar-refractivity contribution < 1.29 is 14.3 Å². The third-order valence-corrected chi connectivity index (χ3v) is 7.40. The number of benzene rings is 2. The van der Waals surface area contributed by atoms with Crippen LogP contribution in [0.3, 0.4) is 0 Å². The molecular formula is C28H29N5O3S2. The lowest BCUT2D eigenvalue weighted by Gasteiger charge is -2.27. The van der Waals surface area contributed by atoms with E-state index < -0.39 is 6.04 Å². The summed E-state index contributed by atoms with van der Waals surface area (Å²) in [6, 6.07) is 18.1. The topological polar surface area (TPSA) is 97.3 Å². The number of carbonyl (C=O) groups excluding carboxylic acids is 2. The lowest BCUT2D eigenvalue weighted by atomic mass is 10.2. The number of carbonyl (C=O) groups is 2. The smallest absolute Gasteiger partial charge is 0.246 e. The molecule has 1 N–H and O–H groups in total. The van der Waals surface area contributed by atoms with Crippen LogP contribution < -0.4 is 10.1 Å². The molecule has 0 fully saturated rings. The normalized spacial score (nSPS) is 11.6. The molecule has 0 aliphatic heterocycles. The van der Waals surface area contributed by atoms with Crippen LogP contribution in [0.15, 0.2) is 71.2 Å². The first kappa shape index (κ1) is 27.3. The molecule has 0 bridgehead atoms. The number of aromatic nitrogens is 3. The molecule has 0 aliphatic rings. The largest absolute Gasteiger partial charge is 0.497 e. The lowest BCUT2D eigenvalue weighted by molar-refractivity contribution is -0.136. The maximum Gasteiger partial charge on any atom is 0.246 e. The first-order valence-electron chi connectivity index (χ1n) is 12.0. The van der Waals surface area contributed by atoms with Crippen molar-refractivity contribution in [2.24, 2.45) is 0 Å². The van der Waals surface area contributed by atoms with E-state index >= 15 is 0 Å². The molecule has 2 amide bonds. The minimum absolute atomic E-state index is 0.0972. The van der Waals surface area contributed by atoms with Gasteiger partial charge in [-0.15, -0.1) is 11.3 Å². The average molecular weight is 548 g/mol. The van der Waals surface area contributed by atoms with Crippen LogP contribution >= 0.6 is 23.1 Å². The van der Waals surface area contributed by atoms with Gasteiger partial charge in [-0.1, -0.05) is 42.1 Å². The van der Waals surface area contributed by atoms with E-state index in [9.17, 15) is 9.59 Å². The molecule has 4 rings (SSSR count). The number of nitrogens with zero attached hydrogens (tertiary/aromatic N) is 4. The second-order valence-electron chi connectivity index (χ2n) is 8.63. The molecule has 8 nitrogen and oxygen atoms in total. The molecule has 38 heavy (non-hydrogen) atoms. The Morgan fingerprint density at radius 1 is 1.03 bits per heavy atom. The molecule has 0 spiro atoms. The van der Waals surface area contributed by atoms with Crippen LogP contribution in [-0.2, 0) is 16.1 Å². The Balaban J connectivity index is 1.52. The first-order chi connectivity index (χ1) is 18.3. The zero-order valence-corrected chi connectivity index (χ0v) is 23.3. The minimum atomic E-state index is -0.741. The van der Waals surface area contributed by atoms with Gasteiger partial charge in [-0.25, -0.2) is 15.0 Å². The highest BCUT2D eigenvalue weighted by molar-refractivity contribution is 7.99. The monoisotopic (exact) mass is 547 g/mol. The molecule has 1 unspecified atom stereocenters. The molecule has 0 saturated carbocycles. The number of methoxy groups -OCH3 is 1. The lowest BCUT2D eigenvalue weighted by Crippen LogP contribution is -2.46. The molecule has 2 aromatic carbocycles. The molecule has 0 aliphatic carbocycles. The van der Waals surface area contributed by atoms with Gasteiger partial charge in [0.25, 0.3) is 0 Å². The van der Waals surface area contributed by atoms with Gasteiger partial charge >= 0.3 is 0 Å². The molecular weight excluding hydrogens is 518 g/mol. The number of rotatable bonds is 10. The van der Waals surface area contributed by atoms with Crippen LogP contribution in [0.4, 0.5) is 5.69 Å². The van der Waals surface area contributed by atoms with Crippen molar-refractivity contribution in [1.82, 2.24) is 19.9 Å². The Labute approximate surface area is 230 Å². The van der Waals surface area contributed by atoms with E-state index in [1.54, 1.807) is 43.2 Å².